The molecule has 4 N–H and O–H groups in total. The van der Waals surface area contributed by atoms with Gasteiger partial charge in [-0.2, -0.15) is 30.4 Å². The summed E-state index contributed by atoms with van der Waals surface area (Å²) in [7, 11) is -6.52. The van der Waals surface area contributed by atoms with E-state index in [1.807, 2.05) is 6.92 Å². The summed E-state index contributed by atoms with van der Waals surface area (Å²) in [5.74, 6) is -2.12. The highest BCUT2D eigenvalue weighted by Crippen LogP contribution is 2.68. The first-order valence-corrected chi connectivity index (χ1v) is 15.7. The summed E-state index contributed by atoms with van der Waals surface area (Å²) in [6.07, 6.45) is -8.37. The molecule has 4 rings (SSSR count). The Bertz CT molecular complexity index is 1100. The van der Waals surface area contributed by atoms with Gasteiger partial charge in [-0.05, 0) is 97.7 Å². The molecule has 2 unspecified atom stereocenters. The minimum Gasteiger partial charge on any atom is -0.445 e. The number of aliphatic hydroxyl groups is 3. The molecular weight excluding hydrogens is 579 g/mol. The van der Waals surface area contributed by atoms with E-state index in [4.69, 9.17) is 4.55 Å². The highest BCUT2D eigenvalue weighted by Gasteiger charge is 2.67. The summed E-state index contributed by atoms with van der Waals surface area (Å²) in [5, 5.41) is 27.4. The van der Waals surface area contributed by atoms with E-state index in [2.05, 4.69) is 11.7 Å². The van der Waals surface area contributed by atoms with Crippen molar-refractivity contribution in [3.63, 3.8) is 0 Å². The molecule has 41 heavy (non-hydrogen) atoms. The van der Waals surface area contributed by atoms with Gasteiger partial charge in [0.05, 0.1) is 18.3 Å². The molecule has 238 valence electrons. The second kappa shape index (κ2) is 10.8. The normalized spacial score (nSPS) is 42.9. The topological polar surface area (TPSA) is 141 Å². The van der Waals surface area contributed by atoms with E-state index in [-0.39, 0.29) is 47.3 Å². The van der Waals surface area contributed by atoms with E-state index in [0.29, 0.717) is 38.5 Å². The molecule has 0 amide bonds. The van der Waals surface area contributed by atoms with Crippen LogP contribution in [0.25, 0.3) is 0 Å². The fourth-order valence-electron chi connectivity index (χ4n) is 9.33. The number of halogens is 5. The highest BCUT2D eigenvalue weighted by molar-refractivity contribution is 7.86. The number of alkyl halides is 5. The SMILES string of the molecule is CC(CCC(=O)OC(C(F)(F)F)C(F)(F)S(=O)(=O)O)[C@H]1CC[C@H]2[C@@H]3[C@H](O)C[C@@H]4C[C@H](O)CC[C@]4(C)[C@H]3C[C@H](O)[C@]12C. The monoisotopic (exact) mass is 620 g/mol. The number of carbonyl (C=O) groups excluding carboxylic acids is 1. The second-order valence-corrected chi connectivity index (χ2v) is 15.0. The molecule has 0 heterocycles. The Morgan fingerprint density at radius 1 is 1.00 bits per heavy atom. The largest absolute Gasteiger partial charge is 0.445 e. The molecule has 14 heteroatoms. The first-order valence-electron chi connectivity index (χ1n) is 14.3. The third-order valence-corrected chi connectivity index (χ3v) is 12.4. The first-order chi connectivity index (χ1) is 18.7. The molecule has 4 fully saturated rings. The first kappa shape index (κ1) is 32.8. The lowest BCUT2D eigenvalue weighted by Gasteiger charge is -2.63. The minimum absolute atomic E-state index is 0.0432. The number of esters is 1. The Hall–Kier alpha value is -1.09. The molecule has 0 bridgehead atoms. The maximum Gasteiger partial charge on any atom is 0.432 e. The number of ether oxygens (including phenoxy) is 1. The van der Waals surface area contributed by atoms with E-state index in [9.17, 15) is 50.5 Å². The zero-order valence-corrected chi connectivity index (χ0v) is 24.2. The summed E-state index contributed by atoms with van der Waals surface area (Å²) in [6, 6.07) is 0. The molecule has 8 nitrogen and oxygen atoms in total. The standard InChI is InChI=1S/C27H41F5O8S/c1-13(4-7-21(36)40-23(26(28,29)30)27(31,32)41(37,38)39)16-5-6-17-22-18(12-20(35)25(16,17)3)24(2)9-8-15(33)10-14(24)11-19(22)34/h13-20,22-23,33-35H,4-12H2,1-3H3,(H,37,38,39)/t13?,14-,15+,16+,17-,18-,19+,20-,22-,23?,24-,25+/m0/s1. The zero-order chi connectivity index (χ0) is 30.9. The number of fused-ring (bicyclic) bond motifs is 5. The highest BCUT2D eigenvalue weighted by atomic mass is 32.2. The number of carbonyl (C=O) groups is 1. The van der Waals surface area contributed by atoms with Crippen LogP contribution in [0.5, 0.6) is 0 Å². The molecule has 4 aliphatic rings. The van der Waals surface area contributed by atoms with Crippen molar-refractivity contribution in [1.29, 1.82) is 0 Å². The lowest BCUT2D eigenvalue weighted by atomic mass is 9.43. The molecule has 0 aromatic carbocycles. The Morgan fingerprint density at radius 3 is 2.22 bits per heavy atom. The van der Waals surface area contributed by atoms with Crippen molar-refractivity contribution in [3.8, 4) is 0 Å². The van der Waals surface area contributed by atoms with Crippen LogP contribution in [0, 0.1) is 46.3 Å². The predicted octanol–water partition coefficient (Wildman–Crippen LogP) is 4.32. The Morgan fingerprint density at radius 2 is 1.63 bits per heavy atom. The quantitative estimate of drug-likeness (QED) is 0.187. The lowest BCUT2D eigenvalue weighted by molar-refractivity contribution is -0.259. The van der Waals surface area contributed by atoms with Crippen LogP contribution in [0.3, 0.4) is 0 Å². The number of aliphatic hydroxyl groups excluding tert-OH is 3. The van der Waals surface area contributed by atoms with Crippen LogP contribution >= 0.6 is 0 Å². The van der Waals surface area contributed by atoms with Gasteiger partial charge in [0.1, 0.15) is 0 Å². The summed E-state index contributed by atoms with van der Waals surface area (Å²) in [6.45, 7) is 5.90. The van der Waals surface area contributed by atoms with Gasteiger partial charge in [0.15, 0.2) is 0 Å². The van der Waals surface area contributed by atoms with Gasteiger partial charge in [0.2, 0.25) is 0 Å². The van der Waals surface area contributed by atoms with Gasteiger partial charge in [0.25, 0.3) is 6.10 Å². The predicted molar refractivity (Wildman–Crippen MR) is 135 cm³/mol. The van der Waals surface area contributed by atoms with E-state index in [1.165, 1.54) is 0 Å². The number of rotatable bonds is 7. The number of hydrogen-bond donors (Lipinski definition) is 4. The van der Waals surface area contributed by atoms with Crippen molar-refractivity contribution in [1.82, 2.24) is 0 Å². The third kappa shape index (κ3) is 5.53. The molecular formula is C27H41F5O8S. The fraction of sp³-hybridized carbons (Fsp3) is 0.963. The molecule has 4 aliphatic carbocycles. The molecule has 0 radical (unpaired) electrons. The van der Waals surface area contributed by atoms with Crippen LogP contribution in [0.1, 0.15) is 78.6 Å². The molecule has 0 spiro atoms. The minimum atomic E-state index is -6.52. The maximum atomic E-state index is 13.8. The molecule has 4 saturated carbocycles. The summed E-state index contributed by atoms with van der Waals surface area (Å²) < 4.78 is 101. The van der Waals surface area contributed by atoms with Crippen LogP contribution in [0.4, 0.5) is 22.0 Å². The van der Waals surface area contributed by atoms with Gasteiger partial charge in [-0.1, -0.05) is 20.8 Å². The average molecular weight is 621 g/mol. The van der Waals surface area contributed by atoms with Crippen LogP contribution in [-0.4, -0.2) is 70.1 Å². The van der Waals surface area contributed by atoms with Crippen molar-refractivity contribution < 1.29 is 59.8 Å². The summed E-state index contributed by atoms with van der Waals surface area (Å²) >= 11 is 0. The molecule has 0 aliphatic heterocycles. The fourth-order valence-corrected chi connectivity index (χ4v) is 9.78. The van der Waals surface area contributed by atoms with E-state index in [1.54, 1.807) is 6.92 Å². The van der Waals surface area contributed by atoms with Gasteiger partial charge in [0, 0.05) is 6.42 Å². The zero-order valence-electron chi connectivity index (χ0n) is 23.4. The van der Waals surface area contributed by atoms with Crippen molar-refractivity contribution in [2.75, 3.05) is 0 Å². The van der Waals surface area contributed by atoms with Gasteiger partial charge in [-0.15, -0.1) is 0 Å². The van der Waals surface area contributed by atoms with Crippen molar-refractivity contribution in [3.05, 3.63) is 0 Å². The van der Waals surface area contributed by atoms with Crippen LogP contribution < -0.4 is 0 Å². The van der Waals surface area contributed by atoms with Crippen molar-refractivity contribution in [2.45, 2.75) is 114 Å². The van der Waals surface area contributed by atoms with Gasteiger partial charge in [-0.3, -0.25) is 9.35 Å². The third-order valence-electron chi connectivity index (χ3n) is 11.5. The van der Waals surface area contributed by atoms with Crippen LogP contribution in [0.2, 0.25) is 0 Å². The van der Waals surface area contributed by atoms with Crippen molar-refractivity contribution >= 4 is 16.1 Å². The molecule has 0 aromatic heterocycles. The smallest absolute Gasteiger partial charge is 0.432 e. The molecule has 0 aromatic rings. The van der Waals surface area contributed by atoms with E-state index in [0.717, 1.165) is 6.42 Å². The van der Waals surface area contributed by atoms with Gasteiger partial charge >= 0.3 is 27.5 Å². The molecule has 0 saturated heterocycles. The van der Waals surface area contributed by atoms with Gasteiger partial charge in [-0.25, -0.2) is 0 Å². The Kier molecular flexibility index (Phi) is 8.66. The second-order valence-electron chi connectivity index (χ2n) is 13.5. The maximum absolute atomic E-state index is 13.8. The van der Waals surface area contributed by atoms with Crippen LogP contribution in [-0.2, 0) is 19.6 Å². The Balaban J connectivity index is 1.46. The number of hydrogen-bond acceptors (Lipinski definition) is 7. The van der Waals surface area contributed by atoms with E-state index < -0.39 is 63.8 Å². The summed E-state index contributed by atoms with van der Waals surface area (Å²) in [5.41, 5.74) is -0.784. The average Bonchev–Trinajstić information content (AvgIpc) is 3.19. The van der Waals surface area contributed by atoms with Crippen LogP contribution in [0.15, 0.2) is 0 Å². The Labute approximate surface area is 236 Å². The summed E-state index contributed by atoms with van der Waals surface area (Å²) in [4.78, 5) is 12.2. The van der Waals surface area contributed by atoms with E-state index >= 15 is 0 Å². The van der Waals surface area contributed by atoms with Crippen molar-refractivity contribution in [2.24, 2.45) is 46.3 Å². The van der Waals surface area contributed by atoms with Gasteiger partial charge < -0.3 is 20.1 Å². The lowest BCUT2D eigenvalue weighted by Crippen LogP contribution is -2.62. The molecule has 12 atom stereocenters.